The number of aliphatic hydroxyl groups is 1. The van der Waals surface area contributed by atoms with Gasteiger partial charge in [-0.05, 0) is 50.8 Å². The molecule has 0 unspecified atom stereocenters. The summed E-state index contributed by atoms with van der Waals surface area (Å²) in [6.07, 6.45) is 0.781. The van der Waals surface area contributed by atoms with Gasteiger partial charge in [-0.15, -0.1) is 0 Å². The Hall–Kier alpha value is -1.35. The molecule has 0 aromatic heterocycles. The van der Waals surface area contributed by atoms with Crippen molar-refractivity contribution in [2.45, 2.75) is 39.7 Å². The molecule has 1 amide bonds. The molecule has 0 spiro atoms. The van der Waals surface area contributed by atoms with E-state index in [4.69, 9.17) is 0 Å². The minimum absolute atomic E-state index is 0.332. The molecule has 17 heavy (non-hydrogen) atoms. The van der Waals surface area contributed by atoms with Gasteiger partial charge in [0.2, 0.25) is 0 Å². The molecule has 0 fully saturated rings. The first-order valence-corrected chi connectivity index (χ1v) is 5.87. The summed E-state index contributed by atoms with van der Waals surface area (Å²) < 4.78 is 0. The highest BCUT2D eigenvalue weighted by Gasteiger charge is 2.22. The van der Waals surface area contributed by atoms with Gasteiger partial charge in [0.1, 0.15) is 5.60 Å². The van der Waals surface area contributed by atoms with Crippen LogP contribution in [0.3, 0.4) is 0 Å². The Balaban J connectivity index is 2.46. The van der Waals surface area contributed by atoms with Crippen molar-refractivity contribution >= 4 is 5.91 Å². The average molecular weight is 235 g/mol. The second-order valence-electron chi connectivity index (χ2n) is 4.98. The van der Waals surface area contributed by atoms with Crippen LogP contribution in [0.25, 0.3) is 0 Å². The van der Waals surface area contributed by atoms with Gasteiger partial charge >= 0.3 is 0 Å². The molecule has 0 aliphatic heterocycles. The van der Waals surface area contributed by atoms with E-state index in [0.29, 0.717) is 6.54 Å². The maximum absolute atomic E-state index is 11.4. The van der Waals surface area contributed by atoms with Crippen molar-refractivity contribution in [3.8, 4) is 0 Å². The summed E-state index contributed by atoms with van der Waals surface area (Å²) in [5, 5.41) is 12.2. The van der Waals surface area contributed by atoms with Crippen LogP contribution in [-0.2, 0) is 11.2 Å². The van der Waals surface area contributed by atoms with E-state index in [1.165, 1.54) is 30.5 Å². The molecule has 3 heteroatoms. The lowest BCUT2D eigenvalue weighted by atomic mass is 10.0. The second kappa shape index (κ2) is 5.32. The Morgan fingerprint density at radius 2 is 1.94 bits per heavy atom. The summed E-state index contributed by atoms with van der Waals surface area (Å²) in [6.45, 7) is 7.67. The maximum atomic E-state index is 11.4. The number of carbonyl (C=O) groups excluding carboxylic acids is 1. The summed E-state index contributed by atoms with van der Waals surface area (Å²) >= 11 is 0. The van der Waals surface area contributed by atoms with Crippen molar-refractivity contribution in [3.63, 3.8) is 0 Å². The third kappa shape index (κ3) is 4.19. The summed E-state index contributed by atoms with van der Waals surface area (Å²) in [4.78, 5) is 11.4. The van der Waals surface area contributed by atoms with Crippen LogP contribution >= 0.6 is 0 Å². The van der Waals surface area contributed by atoms with Crippen molar-refractivity contribution in [1.29, 1.82) is 0 Å². The Kier molecular flexibility index (Phi) is 4.29. The lowest BCUT2D eigenvalue weighted by Gasteiger charge is -2.16. The molecule has 2 N–H and O–H groups in total. The monoisotopic (exact) mass is 235 g/mol. The van der Waals surface area contributed by atoms with Crippen LogP contribution < -0.4 is 5.32 Å². The number of hydrogen-bond donors (Lipinski definition) is 2. The van der Waals surface area contributed by atoms with E-state index < -0.39 is 5.60 Å². The Morgan fingerprint density at radius 1 is 1.29 bits per heavy atom. The molecule has 0 saturated carbocycles. The first-order valence-electron chi connectivity index (χ1n) is 5.87. The molecular formula is C14H21NO2. The average Bonchev–Trinajstić information content (AvgIpc) is 2.22. The fourth-order valence-electron chi connectivity index (χ4n) is 1.50. The van der Waals surface area contributed by atoms with Gasteiger partial charge in [0.15, 0.2) is 0 Å². The fraction of sp³-hybridized carbons (Fsp3) is 0.500. The highest BCUT2D eigenvalue weighted by molar-refractivity contribution is 5.83. The predicted octanol–water partition coefficient (Wildman–Crippen LogP) is 1.73. The highest BCUT2D eigenvalue weighted by atomic mass is 16.3. The summed E-state index contributed by atoms with van der Waals surface area (Å²) in [5.41, 5.74) is 2.43. The SMILES string of the molecule is Cc1ccc(CCNC(=O)C(C)(C)O)cc1C. The van der Waals surface area contributed by atoms with Gasteiger partial charge in [-0.25, -0.2) is 0 Å². The number of benzene rings is 1. The number of amides is 1. The van der Waals surface area contributed by atoms with Gasteiger partial charge in [0, 0.05) is 6.54 Å². The van der Waals surface area contributed by atoms with E-state index >= 15 is 0 Å². The molecule has 1 rings (SSSR count). The van der Waals surface area contributed by atoms with Crippen molar-refractivity contribution in [2.24, 2.45) is 0 Å². The largest absolute Gasteiger partial charge is 0.381 e. The highest BCUT2D eigenvalue weighted by Crippen LogP contribution is 2.10. The smallest absolute Gasteiger partial charge is 0.251 e. The lowest BCUT2D eigenvalue weighted by Crippen LogP contribution is -2.42. The van der Waals surface area contributed by atoms with Crippen LogP contribution in [0, 0.1) is 13.8 Å². The fourth-order valence-corrected chi connectivity index (χ4v) is 1.50. The molecular weight excluding hydrogens is 214 g/mol. The molecule has 1 aromatic rings. The quantitative estimate of drug-likeness (QED) is 0.835. The zero-order chi connectivity index (χ0) is 13.1. The number of nitrogens with one attached hydrogen (secondary N) is 1. The third-order valence-corrected chi connectivity index (χ3v) is 2.83. The molecule has 94 valence electrons. The van der Waals surface area contributed by atoms with Crippen LogP contribution in [0.2, 0.25) is 0 Å². The van der Waals surface area contributed by atoms with Crippen molar-refractivity contribution in [1.82, 2.24) is 5.32 Å². The standard InChI is InChI=1S/C14H21NO2/c1-10-5-6-12(9-11(10)2)7-8-15-13(16)14(3,4)17/h5-6,9,17H,7-8H2,1-4H3,(H,15,16). The lowest BCUT2D eigenvalue weighted by molar-refractivity contribution is -0.136. The summed E-state index contributed by atoms with van der Waals surface area (Å²) in [5.74, 6) is -0.332. The van der Waals surface area contributed by atoms with Crippen molar-refractivity contribution < 1.29 is 9.90 Å². The Labute approximate surface area is 103 Å². The van der Waals surface area contributed by atoms with Crippen LogP contribution in [0.5, 0.6) is 0 Å². The molecule has 3 nitrogen and oxygen atoms in total. The molecule has 0 heterocycles. The van der Waals surface area contributed by atoms with Crippen molar-refractivity contribution in [2.75, 3.05) is 6.54 Å². The summed E-state index contributed by atoms with van der Waals surface area (Å²) in [6, 6.07) is 6.28. The molecule has 0 aliphatic carbocycles. The zero-order valence-electron chi connectivity index (χ0n) is 11.0. The Bertz CT molecular complexity index is 405. The van der Waals surface area contributed by atoms with Gasteiger partial charge < -0.3 is 10.4 Å². The van der Waals surface area contributed by atoms with Gasteiger partial charge in [0.25, 0.3) is 5.91 Å². The van der Waals surface area contributed by atoms with E-state index in [0.717, 1.165) is 6.42 Å². The second-order valence-corrected chi connectivity index (χ2v) is 4.98. The molecule has 0 atom stereocenters. The van der Waals surface area contributed by atoms with Gasteiger partial charge in [0.05, 0.1) is 0 Å². The first kappa shape index (κ1) is 13.7. The van der Waals surface area contributed by atoms with E-state index in [9.17, 15) is 9.90 Å². The predicted molar refractivity (Wildman–Crippen MR) is 68.9 cm³/mol. The van der Waals surface area contributed by atoms with Crippen LogP contribution in [0.4, 0.5) is 0 Å². The minimum atomic E-state index is -1.30. The molecule has 0 saturated heterocycles. The third-order valence-electron chi connectivity index (χ3n) is 2.83. The van der Waals surface area contributed by atoms with Crippen LogP contribution in [0.15, 0.2) is 18.2 Å². The van der Waals surface area contributed by atoms with Gasteiger partial charge in [-0.3, -0.25) is 4.79 Å². The zero-order valence-corrected chi connectivity index (χ0v) is 11.0. The molecule has 1 aromatic carbocycles. The van der Waals surface area contributed by atoms with Crippen molar-refractivity contribution in [3.05, 3.63) is 34.9 Å². The van der Waals surface area contributed by atoms with Crippen LogP contribution in [0.1, 0.15) is 30.5 Å². The molecule has 0 bridgehead atoms. The number of carbonyl (C=O) groups is 1. The van der Waals surface area contributed by atoms with E-state index in [1.807, 2.05) is 0 Å². The summed E-state index contributed by atoms with van der Waals surface area (Å²) in [7, 11) is 0. The number of rotatable bonds is 4. The minimum Gasteiger partial charge on any atom is -0.381 e. The van der Waals surface area contributed by atoms with E-state index in [2.05, 4.69) is 37.4 Å². The normalized spacial score (nSPS) is 11.4. The molecule has 0 aliphatic rings. The first-order chi connectivity index (χ1) is 7.80. The Morgan fingerprint density at radius 3 is 2.47 bits per heavy atom. The van der Waals surface area contributed by atoms with E-state index in [-0.39, 0.29) is 5.91 Å². The van der Waals surface area contributed by atoms with Gasteiger partial charge in [-0.1, -0.05) is 18.2 Å². The van der Waals surface area contributed by atoms with Crippen LogP contribution in [-0.4, -0.2) is 23.2 Å². The maximum Gasteiger partial charge on any atom is 0.251 e. The topological polar surface area (TPSA) is 49.3 Å². The van der Waals surface area contributed by atoms with E-state index in [1.54, 1.807) is 0 Å². The number of hydrogen-bond acceptors (Lipinski definition) is 2. The van der Waals surface area contributed by atoms with Gasteiger partial charge in [-0.2, -0.15) is 0 Å². The number of aryl methyl sites for hydroxylation is 2. The molecule has 0 radical (unpaired) electrons.